The molecule has 0 amide bonds. The second kappa shape index (κ2) is 20.0. The average Bonchev–Trinajstić information content (AvgIpc) is 3.00. The summed E-state index contributed by atoms with van der Waals surface area (Å²) in [5.74, 6) is -0.948. The predicted molar refractivity (Wildman–Crippen MR) is 163 cm³/mol. The minimum absolute atomic E-state index is 0.0178. The van der Waals surface area contributed by atoms with Gasteiger partial charge in [-0.1, -0.05) is 51.1 Å². The van der Waals surface area contributed by atoms with Crippen molar-refractivity contribution in [3.63, 3.8) is 0 Å². The first-order valence-corrected chi connectivity index (χ1v) is 15.1. The summed E-state index contributed by atoms with van der Waals surface area (Å²) in [6.07, 6.45) is -1.01. The van der Waals surface area contributed by atoms with Crippen molar-refractivity contribution < 1.29 is 52.6 Å². The van der Waals surface area contributed by atoms with E-state index in [0.717, 1.165) is 17.5 Å². The molecule has 1 aliphatic heterocycles. The fourth-order valence-electron chi connectivity index (χ4n) is 4.89. The topological polar surface area (TPSA) is 128 Å². The summed E-state index contributed by atoms with van der Waals surface area (Å²) in [4.78, 5) is 27.2. The van der Waals surface area contributed by atoms with Crippen molar-refractivity contribution in [2.75, 3.05) is 61.5 Å². The van der Waals surface area contributed by atoms with Gasteiger partial charge in [0.15, 0.2) is 6.10 Å². The summed E-state index contributed by atoms with van der Waals surface area (Å²) >= 11 is 0. The number of methoxy groups -OCH3 is 3. The van der Waals surface area contributed by atoms with Gasteiger partial charge in [0.2, 0.25) is 0 Å². The highest BCUT2D eigenvalue weighted by atomic mass is 16.7. The van der Waals surface area contributed by atoms with Gasteiger partial charge in [-0.05, 0) is 30.0 Å². The van der Waals surface area contributed by atoms with Crippen molar-refractivity contribution in [2.24, 2.45) is 5.92 Å². The Morgan fingerprint density at radius 1 is 1.00 bits per heavy atom. The molecule has 1 heterocycles. The normalized spacial score (nSPS) is 24.0. The molecule has 0 spiro atoms. The number of benzene rings is 1. The molecule has 0 radical (unpaired) electrons. The molecule has 1 N–H and O–H groups in total. The fraction of sp³-hybridized carbons (Fsp3) is 0.697. The Labute approximate surface area is 262 Å². The van der Waals surface area contributed by atoms with E-state index in [4.69, 9.17) is 37.9 Å². The third-order valence-corrected chi connectivity index (χ3v) is 7.83. The smallest absolute Gasteiger partial charge is 0.338 e. The minimum Gasteiger partial charge on any atom is -0.455 e. The Kier molecular flexibility index (Phi) is 17.3. The van der Waals surface area contributed by atoms with Crippen LogP contribution < -0.4 is 0 Å². The van der Waals surface area contributed by atoms with Gasteiger partial charge in [-0.25, -0.2) is 4.79 Å². The molecule has 11 heteroatoms. The van der Waals surface area contributed by atoms with Crippen LogP contribution in [0.15, 0.2) is 35.9 Å². The molecule has 1 aromatic rings. The van der Waals surface area contributed by atoms with Crippen LogP contribution in [-0.4, -0.2) is 103 Å². The number of Topliss-reactive ketones (excluding diaryl/α,β-unsaturated/α-hetero) is 1. The third-order valence-electron chi connectivity index (χ3n) is 7.83. The number of esters is 1. The fourth-order valence-corrected chi connectivity index (χ4v) is 4.89. The SMILES string of the molecule is CC[C@H](/C=C(/C)[C@@H]1CC(=O)C[C@H](O)C(C)(C)c2cccc(c2)C[C@@H](OCOC)[C@H](OCOC)C(=O)O1)COCOCCOC. The maximum absolute atomic E-state index is 13.8. The highest BCUT2D eigenvalue weighted by Crippen LogP contribution is 2.31. The van der Waals surface area contributed by atoms with Crippen LogP contribution >= 0.6 is 0 Å². The van der Waals surface area contributed by atoms with Crippen molar-refractivity contribution in [1.82, 2.24) is 0 Å². The van der Waals surface area contributed by atoms with E-state index in [1.165, 1.54) is 14.2 Å². The Bertz CT molecular complexity index is 1020. The van der Waals surface area contributed by atoms with Gasteiger partial charge >= 0.3 is 5.97 Å². The van der Waals surface area contributed by atoms with Gasteiger partial charge in [0, 0.05) is 51.9 Å². The molecule has 0 saturated heterocycles. The number of aliphatic hydroxyl groups excluding tert-OH is 1. The Morgan fingerprint density at radius 3 is 2.41 bits per heavy atom. The minimum atomic E-state index is -1.17. The number of fused-ring (bicyclic) bond motifs is 2. The monoisotopic (exact) mass is 624 g/mol. The number of hydrogen-bond donors (Lipinski definition) is 1. The number of carbonyl (C=O) groups is 2. The Balaban J connectivity index is 2.44. The van der Waals surface area contributed by atoms with Crippen LogP contribution in [0.25, 0.3) is 0 Å². The number of carbonyl (C=O) groups excluding carboxylic acids is 2. The van der Waals surface area contributed by atoms with E-state index in [9.17, 15) is 14.7 Å². The number of ketones is 1. The largest absolute Gasteiger partial charge is 0.455 e. The van der Waals surface area contributed by atoms with Gasteiger partial charge in [0.25, 0.3) is 0 Å². The molecule has 11 nitrogen and oxygen atoms in total. The van der Waals surface area contributed by atoms with Gasteiger partial charge in [0.1, 0.15) is 38.4 Å². The molecular weight excluding hydrogens is 572 g/mol. The lowest BCUT2D eigenvalue weighted by atomic mass is 9.76. The first-order valence-electron chi connectivity index (χ1n) is 15.1. The lowest BCUT2D eigenvalue weighted by molar-refractivity contribution is -0.192. The van der Waals surface area contributed by atoms with Crippen LogP contribution in [-0.2, 0) is 59.3 Å². The molecule has 44 heavy (non-hydrogen) atoms. The number of rotatable bonds is 16. The molecular formula is C33H52O11. The van der Waals surface area contributed by atoms with Crippen LogP contribution in [0.5, 0.6) is 0 Å². The lowest BCUT2D eigenvalue weighted by Gasteiger charge is -2.33. The molecule has 1 aliphatic rings. The summed E-state index contributed by atoms with van der Waals surface area (Å²) in [7, 11) is 4.55. The first-order chi connectivity index (χ1) is 21.1. The zero-order valence-corrected chi connectivity index (χ0v) is 27.4. The second-order valence-corrected chi connectivity index (χ2v) is 11.6. The molecule has 1 aromatic carbocycles. The summed E-state index contributed by atoms with van der Waals surface area (Å²) in [5, 5.41) is 11.2. The first kappa shape index (κ1) is 38.0. The van der Waals surface area contributed by atoms with E-state index in [-0.39, 0.29) is 44.9 Å². The zero-order chi connectivity index (χ0) is 32.5. The van der Waals surface area contributed by atoms with Crippen LogP contribution in [0.2, 0.25) is 0 Å². The summed E-state index contributed by atoms with van der Waals surface area (Å²) in [5.41, 5.74) is 1.68. The highest BCUT2D eigenvalue weighted by molar-refractivity contribution is 5.81. The molecule has 2 bridgehead atoms. The number of hydrogen-bond acceptors (Lipinski definition) is 11. The van der Waals surface area contributed by atoms with E-state index in [1.54, 1.807) is 7.11 Å². The number of aliphatic hydroxyl groups is 1. The molecule has 5 atom stereocenters. The Morgan fingerprint density at radius 2 is 1.73 bits per heavy atom. The van der Waals surface area contributed by atoms with E-state index in [2.05, 4.69) is 0 Å². The van der Waals surface area contributed by atoms with E-state index in [0.29, 0.717) is 31.8 Å². The average molecular weight is 625 g/mol. The number of ether oxygens (including phenoxy) is 8. The quantitative estimate of drug-likeness (QED) is 0.125. The standard InChI is InChI=1S/C33H52O11/c1-8-24(19-41-22-40-13-12-37-5)14-23(2)28-17-27(34)18-30(35)33(3,4)26-11-9-10-25(15-26)16-29(42-20-38-6)31(32(36)44-28)43-21-39-7/h9-11,14-15,24,28-31,35H,8,12-13,16-22H2,1-7H3/b23-14-/t24-,28+,29-,30+,31+/m1/s1. The molecule has 0 fully saturated rings. The van der Waals surface area contributed by atoms with Crippen LogP contribution in [0.4, 0.5) is 0 Å². The van der Waals surface area contributed by atoms with Gasteiger partial charge in [-0.15, -0.1) is 0 Å². The maximum atomic E-state index is 13.8. The van der Waals surface area contributed by atoms with Crippen LogP contribution in [0.1, 0.15) is 58.1 Å². The second-order valence-electron chi connectivity index (χ2n) is 11.6. The van der Waals surface area contributed by atoms with Crippen molar-refractivity contribution in [3.8, 4) is 0 Å². The van der Waals surface area contributed by atoms with Gasteiger partial charge < -0.3 is 43.0 Å². The third kappa shape index (κ3) is 12.3. The van der Waals surface area contributed by atoms with Crippen LogP contribution in [0, 0.1) is 5.92 Å². The molecule has 2 rings (SSSR count). The predicted octanol–water partition coefficient (Wildman–Crippen LogP) is 3.73. The van der Waals surface area contributed by atoms with Crippen molar-refractivity contribution >= 4 is 11.8 Å². The molecule has 0 unspecified atom stereocenters. The molecule has 0 saturated carbocycles. The van der Waals surface area contributed by atoms with Crippen molar-refractivity contribution in [3.05, 3.63) is 47.0 Å². The van der Waals surface area contributed by atoms with E-state index < -0.39 is 35.8 Å². The van der Waals surface area contributed by atoms with E-state index >= 15 is 0 Å². The summed E-state index contributed by atoms with van der Waals surface area (Å²) in [6.45, 7) is 8.82. The van der Waals surface area contributed by atoms with Crippen LogP contribution in [0.3, 0.4) is 0 Å². The van der Waals surface area contributed by atoms with Crippen molar-refractivity contribution in [1.29, 1.82) is 0 Å². The molecule has 250 valence electrons. The zero-order valence-electron chi connectivity index (χ0n) is 27.4. The van der Waals surface area contributed by atoms with Gasteiger partial charge in [0.05, 0.1) is 25.9 Å². The molecule has 0 aromatic heterocycles. The number of cyclic esters (lactones) is 1. The Hall–Kier alpha value is -2.22. The summed E-state index contributed by atoms with van der Waals surface area (Å²) in [6, 6.07) is 7.67. The van der Waals surface area contributed by atoms with Crippen molar-refractivity contribution in [2.45, 2.75) is 83.2 Å². The molecule has 0 aliphatic carbocycles. The maximum Gasteiger partial charge on any atom is 0.338 e. The van der Waals surface area contributed by atoms with Gasteiger partial charge in [-0.3, -0.25) is 4.79 Å². The lowest BCUT2D eigenvalue weighted by Crippen LogP contribution is -2.44. The highest BCUT2D eigenvalue weighted by Gasteiger charge is 2.37. The van der Waals surface area contributed by atoms with Gasteiger partial charge in [-0.2, -0.15) is 0 Å². The van der Waals surface area contributed by atoms with E-state index in [1.807, 2.05) is 58.0 Å². The summed E-state index contributed by atoms with van der Waals surface area (Å²) < 4.78 is 44.1.